The van der Waals surface area contributed by atoms with E-state index in [-0.39, 0.29) is 11.9 Å². The first-order valence-corrected chi connectivity index (χ1v) is 7.31. The molecule has 6 nitrogen and oxygen atoms in total. The lowest BCUT2D eigenvalue weighted by atomic mass is 10.1. The lowest BCUT2D eigenvalue weighted by molar-refractivity contribution is 0.0620. The van der Waals surface area contributed by atoms with E-state index in [4.69, 9.17) is 4.74 Å². The lowest BCUT2D eigenvalue weighted by Gasteiger charge is -2.40. The minimum Gasteiger partial charge on any atom is -0.493 e. The molecule has 1 aromatic carbocycles. The fourth-order valence-electron chi connectivity index (χ4n) is 2.42. The van der Waals surface area contributed by atoms with Crippen LogP contribution in [-0.2, 0) is 0 Å². The highest BCUT2D eigenvalue weighted by Crippen LogP contribution is 2.23. The molecule has 0 atom stereocenters. The summed E-state index contributed by atoms with van der Waals surface area (Å²) in [6.07, 6.45) is 3.19. The van der Waals surface area contributed by atoms with E-state index in [1.54, 1.807) is 17.2 Å². The average molecular weight is 298 g/mol. The number of nitrogens with one attached hydrogen (secondary N) is 1. The van der Waals surface area contributed by atoms with Gasteiger partial charge in [0.2, 0.25) is 0 Å². The topological polar surface area (TPSA) is 67.3 Å². The molecule has 1 fully saturated rings. The zero-order valence-electron chi connectivity index (χ0n) is 12.4. The quantitative estimate of drug-likeness (QED) is 0.912. The van der Waals surface area contributed by atoms with E-state index in [0.717, 1.165) is 5.82 Å². The van der Waals surface area contributed by atoms with Gasteiger partial charge < -0.3 is 15.0 Å². The molecule has 1 aliphatic heterocycles. The molecule has 3 rings (SSSR count). The molecule has 0 bridgehead atoms. The van der Waals surface area contributed by atoms with Gasteiger partial charge in [0.1, 0.15) is 17.9 Å². The second-order valence-corrected chi connectivity index (χ2v) is 5.08. The molecule has 114 valence electrons. The predicted molar refractivity (Wildman–Crippen MR) is 83.0 cm³/mol. The number of rotatable bonds is 5. The maximum absolute atomic E-state index is 12.5. The van der Waals surface area contributed by atoms with Crippen LogP contribution in [0.1, 0.15) is 17.3 Å². The van der Waals surface area contributed by atoms with Gasteiger partial charge in [0.05, 0.1) is 18.2 Å². The number of hydrogen-bond acceptors (Lipinski definition) is 5. The number of amides is 1. The van der Waals surface area contributed by atoms with Crippen LogP contribution in [0.3, 0.4) is 0 Å². The van der Waals surface area contributed by atoms with Crippen LogP contribution < -0.4 is 10.1 Å². The van der Waals surface area contributed by atoms with E-state index in [1.165, 1.54) is 6.33 Å². The molecule has 1 saturated heterocycles. The third-order valence-corrected chi connectivity index (χ3v) is 3.52. The van der Waals surface area contributed by atoms with Crippen molar-refractivity contribution in [1.82, 2.24) is 14.9 Å². The van der Waals surface area contributed by atoms with Crippen molar-refractivity contribution < 1.29 is 9.53 Å². The number of aromatic nitrogens is 2. The Kier molecular flexibility index (Phi) is 4.18. The number of carbonyl (C=O) groups is 1. The summed E-state index contributed by atoms with van der Waals surface area (Å²) in [4.78, 5) is 22.3. The minimum absolute atomic E-state index is 0.00443. The molecule has 1 N–H and O–H groups in total. The van der Waals surface area contributed by atoms with Crippen LogP contribution in [0.15, 0.2) is 42.9 Å². The van der Waals surface area contributed by atoms with Crippen molar-refractivity contribution >= 4 is 11.7 Å². The second kappa shape index (κ2) is 6.43. The van der Waals surface area contributed by atoms with E-state index in [9.17, 15) is 4.79 Å². The van der Waals surface area contributed by atoms with Crippen LogP contribution in [0.25, 0.3) is 0 Å². The Labute approximate surface area is 129 Å². The van der Waals surface area contributed by atoms with Crippen molar-refractivity contribution in [2.45, 2.75) is 13.0 Å². The Hall–Kier alpha value is -2.63. The molecule has 6 heteroatoms. The van der Waals surface area contributed by atoms with Gasteiger partial charge in [-0.05, 0) is 25.1 Å². The molecule has 0 aliphatic carbocycles. The summed E-state index contributed by atoms with van der Waals surface area (Å²) in [5.74, 6) is 1.42. The van der Waals surface area contributed by atoms with E-state index >= 15 is 0 Å². The number of anilines is 1. The van der Waals surface area contributed by atoms with Crippen LogP contribution in [-0.4, -0.2) is 46.5 Å². The van der Waals surface area contributed by atoms with Crippen molar-refractivity contribution in [1.29, 1.82) is 0 Å². The number of ether oxygens (including phenoxy) is 1. The summed E-state index contributed by atoms with van der Waals surface area (Å²) >= 11 is 0. The van der Waals surface area contributed by atoms with Crippen molar-refractivity contribution in [2.75, 3.05) is 25.0 Å². The molecule has 0 spiro atoms. The van der Waals surface area contributed by atoms with Gasteiger partial charge in [0.15, 0.2) is 0 Å². The van der Waals surface area contributed by atoms with Crippen LogP contribution in [0.5, 0.6) is 5.75 Å². The zero-order chi connectivity index (χ0) is 15.4. The predicted octanol–water partition coefficient (Wildman–Crippen LogP) is 1.81. The normalized spacial score (nSPS) is 14.3. The van der Waals surface area contributed by atoms with Crippen LogP contribution in [0, 0.1) is 0 Å². The second-order valence-electron chi connectivity index (χ2n) is 5.08. The van der Waals surface area contributed by atoms with Crippen molar-refractivity contribution in [2.24, 2.45) is 0 Å². The highest BCUT2D eigenvalue weighted by Gasteiger charge is 2.32. The minimum atomic E-state index is 0.00443. The molecule has 2 heterocycles. The summed E-state index contributed by atoms with van der Waals surface area (Å²) in [5, 5.41) is 3.28. The van der Waals surface area contributed by atoms with Crippen LogP contribution in [0.2, 0.25) is 0 Å². The summed E-state index contributed by atoms with van der Waals surface area (Å²) in [6, 6.07) is 9.39. The maximum atomic E-state index is 12.5. The Morgan fingerprint density at radius 1 is 1.36 bits per heavy atom. The first-order chi connectivity index (χ1) is 10.8. The molecular weight excluding hydrogens is 280 g/mol. The number of carbonyl (C=O) groups excluding carboxylic acids is 1. The number of benzene rings is 1. The van der Waals surface area contributed by atoms with Crippen molar-refractivity contribution in [3.05, 3.63) is 48.4 Å². The van der Waals surface area contributed by atoms with E-state index in [0.29, 0.717) is 31.0 Å². The van der Waals surface area contributed by atoms with Gasteiger partial charge in [-0.2, -0.15) is 0 Å². The van der Waals surface area contributed by atoms with Gasteiger partial charge in [-0.25, -0.2) is 9.97 Å². The van der Waals surface area contributed by atoms with Gasteiger partial charge in [0.25, 0.3) is 5.91 Å². The number of nitrogens with zero attached hydrogens (tertiary/aromatic N) is 3. The number of likely N-dealkylation sites (tertiary alicyclic amines) is 1. The SMILES string of the molecule is CCOc1ccccc1C(=O)N1CC(Nc2ccncn2)C1. The Balaban J connectivity index is 1.60. The third-order valence-electron chi connectivity index (χ3n) is 3.52. The molecule has 1 aliphatic rings. The standard InChI is InChI=1S/C16H18N4O2/c1-2-22-14-6-4-3-5-13(14)16(21)20-9-12(10-20)19-15-7-8-17-11-18-15/h3-8,11-12H,2,9-10H2,1H3,(H,17,18,19). The van der Waals surface area contributed by atoms with Gasteiger partial charge in [0, 0.05) is 19.3 Å². The first-order valence-electron chi connectivity index (χ1n) is 7.31. The summed E-state index contributed by atoms with van der Waals surface area (Å²) < 4.78 is 5.52. The zero-order valence-corrected chi connectivity index (χ0v) is 12.4. The van der Waals surface area contributed by atoms with Gasteiger partial charge >= 0.3 is 0 Å². The maximum Gasteiger partial charge on any atom is 0.257 e. The van der Waals surface area contributed by atoms with Crippen molar-refractivity contribution in [3.8, 4) is 5.75 Å². The molecule has 0 radical (unpaired) electrons. The number of para-hydroxylation sites is 1. The van der Waals surface area contributed by atoms with Crippen LogP contribution in [0.4, 0.5) is 5.82 Å². The Bertz CT molecular complexity index is 642. The molecule has 2 aromatic rings. The van der Waals surface area contributed by atoms with Gasteiger partial charge in [-0.15, -0.1) is 0 Å². The van der Waals surface area contributed by atoms with Gasteiger partial charge in [-0.1, -0.05) is 12.1 Å². The Morgan fingerprint density at radius 2 is 2.18 bits per heavy atom. The van der Waals surface area contributed by atoms with Crippen molar-refractivity contribution in [3.63, 3.8) is 0 Å². The summed E-state index contributed by atoms with van der Waals surface area (Å²) in [5.41, 5.74) is 0.616. The summed E-state index contributed by atoms with van der Waals surface area (Å²) in [6.45, 7) is 3.77. The largest absolute Gasteiger partial charge is 0.493 e. The van der Waals surface area contributed by atoms with Crippen LogP contribution >= 0.6 is 0 Å². The monoisotopic (exact) mass is 298 g/mol. The fraction of sp³-hybridized carbons (Fsp3) is 0.312. The first kappa shape index (κ1) is 14.3. The molecule has 0 saturated carbocycles. The highest BCUT2D eigenvalue weighted by molar-refractivity contribution is 5.97. The summed E-state index contributed by atoms with van der Waals surface area (Å²) in [7, 11) is 0. The highest BCUT2D eigenvalue weighted by atomic mass is 16.5. The average Bonchev–Trinajstić information content (AvgIpc) is 2.52. The number of hydrogen-bond donors (Lipinski definition) is 1. The van der Waals surface area contributed by atoms with Gasteiger partial charge in [-0.3, -0.25) is 4.79 Å². The fourth-order valence-corrected chi connectivity index (χ4v) is 2.42. The Morgan fingerprint density at radius 3 is 2.91 bits per heavy atom. The molecule has 1 aromatic heterocycles. The van der Waals surface area contributed by atoms with E-state index in [1.807, 2.05) is 31.2 Å². The molecular formula is C16H18N4O2. The smallest absolute Gasteiger partial charge is 0.257 e. The van der Waals surface area contributed by atoms with E-state index in [2.05, 4.69) is 15.3 Å². The van der Waals surface area contributed by atoms with E-state index < -0.39 is 0 Å². The third kappa shape index (κ3) is 3.00. The molecule has 0 unspecified atom stereocenters. The molecule has 22 heavy (non-hydrogen) atoms. The lowest BCUT2D eigenvalue weighted by Crippen LogP contribution is -2.57. The molecule has 1 amide bonds.